The van der Waals surface area contributed by atoms with E-state index in [0.29, 0.717) is 17.1 Å². The maximum absolute atomic E-state index is 12.0. The van der Waals surface area contributed by atoms with Gasteiger partial charge in [-0.05, 0) is 32.0 Å². The van der Waals surface area contributed by atoms with E-state index in [1.165, 1.54) is 12.5 Å². The van der Waals surface area contributed by atoms with Gasteiger partial charge >= 0.3 is 0 Å². The Labute approximate surface area is 99.2 Å². The Kier molecular flexibility index (Phi) is 3.23. The predicted molar refractivity (Wildman–Crippen MR) is 62.1 cm³/mol. The lowest BCUT2D eigenvalue weighted by Crippen LogP contribution is -2.07. The molecular formula is C13H13NO3. The number of ether oxygens (including phenoxy) is 1. The zero-order valence-corrected chi connectivity index (χ0v) is 9.71. The highest BCUT2D eigenvalue weighted by Gasteiger charge is 2.13. The summed E-state index contributed by atoms with van der Waals surface area (Å²) in [7, 11) is 0. The second kappa shape index (κ2) is 4.82. The molecule has 0 spiro atoms. The molecule has 2 rings (SSSR count). The summed E-state index contributed by atoms with van der Waals surface area (Å²) < 4.78 is 10.5. The van der Waals surface area contributed by atoms with Crippen molar-refractivity contribution in [1.29, 1.82) is 0 Å². The van der Waals surface area contributed by atoms with Crippen LogP contribution in [-0.2, 0) is 0 Å². The number of rotatable bonds is 4. The van der Waals surface area contributed by atoms with Crippen molar-refractivity contribution in [2.45, 2.75) is 20.0 Å². The van der Waals surface area contributed by atoms with Crippen LogP contribution in [0, 0.1) is 0 Å². The highest BCUT2D eigenvalue weighted by atomic mass is 16.5. The molecule has 2 aromatic rings. The van der Waals surface area contributed by atoms with Gasteiger partial charge < -0.3 is 9.15 Å². The Morgan fingerprint density at radius 3 is 2.88 bits per heavy atom. The van der Waals surface area contributed by atoms with Gasteiger partial charge in [0.25, 0.3) is 0 Å². The molecule has 88 valence electrons. The van der Waals surface area contributed by atoms with Crippen LogP contribution < -0.4 is 4.74 Å². The average molecular weight is 231 g/mol. The van der Waals surface area contributed by atoms with Gasteiger partial charge in [0, 0.05) is 11.8 Å². The Bertz CT molecular complexity index is 503. The van der Waals surface area contributed by atoms with Crippen LogP contribution in [0.5, 0.6) is 5.75 Å². The zero-order chi connectivity index (χ0) is 12.3. The summed E-state index contributed by atoms with van der Waals surface area (Å²) in [6, 6.07) is 4.96. The Hall–Kier alpha value is -2.10. The van der Waals surface area contributed by atoms with E-state index in [-0.39, 0.29) is 11.9 Å². The van der Waals surface area contributed by atoms with Crippen molar-refractivity contribution in [3.05, 3.63) is 48.2 Å². The summed E-state index contributed by atoms with van der Waals surface area (Å²) in [5, 5.41) is 0. The number of carbonyl (C=O) groups excluding carboxylic acids is 1. The smallest absolute Gasteiger partial charge is 0.229 e. The topological polar surface area (TPSA) is 52.3 Å². The van der Waals surface area contributed by atoms with Crippen molar-refractivity contribution in [3.63, 3.8) is 0 Å². The van der Waals surface area contributed by atoms with Gasteiger partial charge in [0.15, 0.2) is 5.76 Å². The van der Waals surface area contributed by atoms with Crippen LogP contribution in [-0.4, -0.2) is 16.9 Å². The molecule has 0 bridgehead atoms. The fourth-order valence-electron chi connectivity index (χ4n) is 1.43. The van der Waals surface area contributed by atoms with Crippen LogP contribution in [0.15, 0.2) is 41.3 Å². The maximum atomic E-state index is 12.0. The van der Waals surface area contributed by atoms with Crippen molar-refractivity contribution in [2.24, 2.45) is 0 Å². The first-order chi connectivity index (χ1) is 8.16. The van der Waals surface area contributed by atoms with Gasteiger partial charge in [-0.15, -0.1) is 0 Å². The van der Waals surface area contributed by atoms with Crippen LogP contribution in [0.25, 0.3) is 0 Å². The lowest BCUT2D eigenvalue weighted by molar-refractivity contribution is 0.101. The van der Waals surface area contributed by atoms with E-state index in [2.05, 4.69) is 4.98 Å². The summed E-state index contributed by atoms with van der Waals surface area (Å²) in [6.07, 6.45) is 4.59. The second-order valence-corrected chi connectivity index (χ2v) is 3.88. The lowest BCUT2D eigenvalue weighted by Gasteiger charge is -2.09. The molecule has 0 aliphatic heterocycles. The molecule has 0 aliphatic carbocycles. The van der Waals surface area contributed by atoms with E-state index in [4.69, 9.17) is 9.15 Å². The lowest BCUT2D eigenvalue weighted by atomic mass is 10.1. The van der Waals surface area contributed by atoms with Crippen LogP contribution in [0.3, 0.4) is 0 Å². The largest absolute Gasteiger partial charge is 0.489 e. The minimum Gasteiger partial charge on any atom is -0.489 e. The molecule has 0 aromatic carbocycles. The van der Waals surface area contributed by atoms with E-state index in [1.807, 2.05) is 13.8 Å². The van der Waals surface area contributed by atoms with Crippen molar-refractivity contribution in [2.75, 3.05) is 0 Å². The molecule has 2 aromatic heterocycles. The first-order valence-electron chi connectivity index (χ1n) is 5.36. The number of nitrogens with zero attached hydrogens (tertiary/aromatic N) is 1. The number of aromatic nitrogens is 1. The highest BCUT2D eigenvalue weighted by molar-refractivity contribution is 6.07. The number of furan rings is 1. The number of pyridine rings is 1. The number of ketones is 1. The van der Waals surface area contributed by atoms with Crippen LogP contribution in [0.2, 0.25) is 0 Å². The Balaban J connectivity index is 2.24. The molecular weight excluding hydrogens is 218 g/mol. The molecule has 0 fully saturated rings. The monoisotopic (exact) mass is 231 g/mol. The molecule has 0 saturated heterocycles. The van der Waals surface area contributed by atoms with Crippen LogP contribution >= 0.6 is 0 Å². The third-order valence-corrected chi connectivity index (χ3v) is 2.09. The zero-order valence-electron chi connectivity index (χ0n) is 9.71. The normalized spacial score (nSPS) is 10.5. The molecule has 4 heteroatoms. The standard InChI is InChI=1S/C13H13NO3/c1-9(2)17-11-6-10(7-14-8-11)13(15)12-4-3-5-16-12/h3-9H,1-2H3. The summed E-state index contributed by atoms with van der Waals surface area (Å²) >= 11 is 0. The van der Waals surface area contributed by atoms with Gasteiger partial charge in [-0.2, -0.15) is 0 Å². The Morgan fingerprint density at radius 2 is 2.24 bits per heavy atom. The average Bonchev–Trinajstić information content (AvgIpc) is 2.81. The number of hydrogen-bond donors (Lipinski definition) is 0. The van der Waals surface area contributed by atoms with Crippen LogP contribution in [0.1, 0.15) is 30.0 Å². The summed E-state index contributed by atoms with van der Waals surface area (Å²) in [4.78, 5) is 15.9. The summed E-state index contributed by atoms with van der Waals surface area (Å²) in [5.41, 5.74) is 0.457. The van der Waals surface area contributed by atoms with Gasteiger partial charge in [-0.1, -0.05) is 0 Å². The fourth-order valence-corrected chi connectivity index (χ4v) is 1.43. The summed E-state index contributed by atoms with van der Waals surface area (Å²) in [5.74, 6) is 0.683. The van der Waals surface area contributed by atoms with E-state index in [1.54, 1.807) is 24.4 Å². The molecule has 0 unspecified atom stereocenters. The minimum atomic E-state index is -0.197. The first kappa shape index (κ1) is 11.4. The van der Waals surface area contributed by atoms with Gasteiger partial charge in [-0.25, -0.2) is 0 Å². The molecule has 0 radical (unpaired) electrons. The third-order valence-electron chi connectivity index (χ3n) is 2.09. The van der Waals surface area contributed by atoms with Gasteiger partial charge in [0.05, 0.1) is 18.6 Å². The molecule has 17 heavy (non-hydrogen) atoms. The first-order valence-corrected chi connectivity index (χ1v) is 5.36. The molecule has 0 N–H and O–H groups in total. The highest BCUT2D eigenvalue weighted by Crippen LogP contribution is 2.16. The second-order valence-electron chi connectivity index (χ2n) is 3.88. The minimum absolute atomic E-state index is 0.0470. The van der Waals surface area contributed by atoms with Crippen molar-refractivity contribution < 1.29 is 13.9 Å². The molecule has 0 atom stereocenters. The molecule has 0 aliphatic rings. The predicted octanol–water partition coefficient (Wildman–Crippen LogP) is 2.69. The molecule has 0 saturated carbocycles. The molecule has 4 nitrogen and oxygen atoms in total. The Morgan fingerprint density at radius 1 is 1.41 bits per heavy atom. The van der Waals surface area contributed by atoms with Crippen LogP contribution in [0.4, 0.5) is 0 Å². The van der Waals surface area contributed by atoms with Crippen molar-refractivity contribution >= 4 is 5.78 Å². The SMILES string of the molecule is CC(C)Oc1cncc(C(=O)c2ccco2)c1. The van der Waals surface area contributed by atoms with E-state index >= 15 is 0 Å². The molecule has 0 amide bonds. The van der Waals surface area contributed by atoms with Crippen molar-refractivity contribution in [3.8, 4) is 5.75 Å². The third kappa shape index (κ3) is 2.72. The van der Waals surface area contributed by atoms with E-state index < -0.39 is 0 Å². The fraction of sp³-hybridized carbons (Fsp3) is 0.231. The number of hydrogen-bond acceptors (Lipinski definition) is 4. The van der Waals surface area contributed by atoms with Gasteiger partial charge in [0.2, 0.25) is 5.78 Å². The number of carbonyl (C=O) groups is 1. The molecule has 2 heterocycles. The van der Waals surface area contributed by atoms with Gasteiger partial charge in [-0.3, -0.25) is 9.78 Å². The van der Waals surface area contributed by atoms with Crippen molar-refractivity contribution in [1.82, 2.24) is 4.98 Å². The van der Waals surface area contributed by atoms with E-state index in [0.717, 1.165) is 0 Å². The van der Waals surface area contributed by atoms with E-state index in [9.17, 15) is 4.79 Å². The van der Waals surface area contributed by atoms with Gasteiger partial charge in [0.1, 0.15) is 5.75 Å². The maximum Gasteiger partial charge on any atom is 0.229 e. The summed E-state index contributed by atoms with van der Waals surface area (Å²) in [6.45, 7) is 3.84. The quantitative estimate of drug-likeness (QED) is 0.759.